The van der Waals surface area contributed by atoms with Gasteiger partial charge in [0.05, 0.1) is 0 Å². The average molecular weight is 389 g/mol. The minimum Gasteiger partial charge on any atom is -0.207 e. The van der Waals surface area contributed by atoms with Gasteiger partial charge in [-0.3, -0.25) is 0 Å². The van der Waals surface area contributed by atoms with E-state index in [0.29, 0.717) is 5.92 Å². The predicted octanol–water partition coefficient (Wildman–Crippen LogP) is 4.54. The molecule has 0 aromatic heterocycles. The maximum absolute atomic E-state index is 13.4. The van der Waals surface area contributed by atoms with Gasteiger partial charge in [0.25, 0.3) is 0 Å². The van der Waals surface area contributed by atoms with Crippen LogP contribution in [0.1, 0.15) is 5.56 Å². The molecule has 0 saturated carbocycles. The van der Waals surface area contributed by atoms with Gasteiger partial charge in [0.1, 0.15) is 5.82 Å². The Balaban J connectivity index is 2.79. The van der Waals surface area contributed by atoms with Crippen LogP contribution in [0.15, 0.2) is 22.7 Å². The normalized spacial score (nSPS) is 10.9. The van der Waals surface area contributed by atoms with Gasteiger partial charge in [0.2, 0.25) is 0 Å². The van der Waals surface area contributed by atoms with Gasteiger partial charge in [0.15, 0.2) is 0 Å². The van der Waals surface area contributed by atoms with E-state index in [9.17, 15) is 4.39 Å². The smallest absolute Gasteiger partial charge is 0.126 e. The van der Waals surface area contributed by atoms with Crippen molar-refractivity contribution >= 4 is 47.8 Å². The molecule has 0 N–H and O–H groups in total. The second kappa shape index (κ2) is 6.23. The Morgan fingerprint density at radius 1 is 1.21 bits per heavy atom. The first-order valence-electron chi connectivity index (χ1n) is 4.23. The van der Waals surface area contributed by atoms with Crippen molar-refractivity contribution in [3.05, 3.63) is 34.1 Å². The van der Waals surface area contributed by atoms with Gasteiger partial charge >= 0.3 is 0 Å². The summed E-state index contributed by atoms with van der Waals surface area (Å²) in [6, 6.07) is 5.06. The molecule has 0 spiro atoms. The quantitative estimate of drug-likeness (QED) is 0.664. The monoisotopic (exact) mass is 386 g/mol. The van der Waals surface area contributed by atoms with Crippen molar-refractivity contribution < 1.29 is 4.39 Å². The first kappa shape index (κ1) is 12.7. The van der Waals surface area contributed by atoms with E-state index in [2.05, 4.69) is 47.8 Å². The summed E-state index contributed by atoms with van der Waals surface area (Å²) >= 11 is 10.2. The summed E-state index contributed by atoms with van der Waals surface area (Å²) in [5.74, 6) is 0.305. The van der Waals surface area contributed by atoms with Crippen LogP contribution in [0.2, 0.25) is 0 Å². The lowest BCUT2D eigenvalue weighted by Gasteiger charge is -2.11. The Labute approximate surface area is 109 Å². The molecule has 4 heteroatoms. The van der Waals surface area contributed by atoms with Crippen molar-refractivity contribution in [3.63, 3.8) is 0 Å². The van der Waals surface area contributed by atoms with E-state index >= 15 is 0 Å². The fourth-order valence-corrected chi connectivity index (χ4v) is 3.10. The fraction of sp³-hybridized carbons (Fsp3) is 0.400. The molecule has 1 aromatic rings. The standard InChI is InChI=1S/C10H10Br3F/c11-5-7(6-12)3-8-4-9(13)1-2-10(8)14/h1-2,4,7H,3,5-6H2. The molecule has 0 bridgehead atoms. The van der Waals surface area contributed by atoms with Gasteiger partial charge in [-0.05, 0) is 36.1 Å². The van der Waals surface area contributed by atoms with Gasteiger partial charge in [-0.2, -0.15) is 0 Å². The fourth-order valence-electron chi connectivity index (χ4n) is 1.16. The minimum absolute atomic E-state index is 0.125. The van der Waals surface area contributed by atoms with Crippen LogP contribution < -0.4 is 0 Å². The number of hydrogen-bond acceptors (Lipinski definition) is 0. The SMILES string of the molecule is Fc1ccc(Br)cc1CC(CBr)CBr. The van der Waals surface area contributed by atoms with Crippen LogP contribution in [0.4, 0.5) is 4.39 Å². The lowest BCUT2D eigenvalue weighted by Crippen LogP contribution is -2.08. The third-order valence-corrected chi connectivity index (χ3v) is 4.28. The highest BCUT2D eigenvalue weighted by Gasteiger charge is 2.10. The molecule has 0 aliphatic rings. The summed E-state index contributed by atoms with van der Waals surface area (Å²) in [6.07, 6.45) is 0.752. The predicted molar refractivity (Wildman–Crippen MR) is 68.9 cm³/mol. The average Bonchev–Trinajstić information content (AvgIpc) is 2.19. The van der Waals surface area contributed by atoms with Gasteiger partial charge in [-0.1, -0.05) is 47.8 Å². The van der Waals surface area contributed by atoms with Crippen molar-refractivity contribution in [3.8, 4) is 0 Å². The van der Waals surface area contributed by atoms with Crippen molar-refractivity contribution in [2.24, 2.45) is 5.92 Å². The maximum atomic E-state index is 13.4. The van der Waals surface area contributed by atoms with E-state index in [-0.39, 0.29) is 5.82 Å². The van der Waals surface area contributed by atoms with Gasteiger partial charge in [0, 0.05) is 15.1 Å². The Morgan fingerprint density at radius 2 is 1.86 bits per heavy atom. The van der Waals surface area contributed by atoms with Crippen molar-refractivity contribution in [2.45, 2.75) is 6.42 Å². The highest BCUT2D eigenvalue weighted by molar-refractivity contribution is 9.10. The lowest BCUT2D eigenvalue weighted by atomic mass is 10.0. The number of benzene rings is 1. The largest absolute Gasteiger partial charge is 0.207 e. The molecule has 14 heavy (non-hydrogen) atoms. The molecular weight excluding hydrogens is 379 g/mol. The van der Waals surface area contributed by atoms with E-state index in [1.165, 1.54) is 6.07 Å². The summed E-state index contributed by atoms with van der Waals surface area (Å²) in [5.41, 5.74) is 0.767. The number of halogens is 4. The number of rotatable bonds is 4. The highest BCUT2D eigenvalue weighted by Crippen LogP contribution is 2.20. The zero-order chi connectivity index (χ0) is 10.6. The first-order chi connectivity index (χ1) is 6.67. The van der Waals surface area contributed by atoms with E-state index in [1.54, 1.807) is 6.07 Å². The van der Waals surface area contributed by atoms with Crippen molar-refractivity contribution in [2.75, 3.05) is 10.7 Å². The topological polar surface area (TPSA) is 0 Å². The molecule has 0 radical (unpaired) electrons. The summed E-state index contributed by atoms with van der Waals surface area (Å²) in [4.78, 5) is 0. The van der Waals surface area contributed by atoms with E-state index < -0.39 is 0 Å². The molecular formula is C10H10Br3F. The Hall–Kier alpha value is 0.590. The van der Waals surface area contributed by atoms with Crippen LogP contribution in [-0.2, 0) is 6.42 Å². The zero-order valence-electron chi connectivity index (χ0n) is 7.44. The molecule has 1 aromatic carbocycles. The van der Waals surface area contributed by atoms with Crippen LogP contribution in [-0.4, -0.2) is 10.7 Å². The van der Waals surface area contributed by atoms with Gasteiger partial charge in [-0.25, -0.2) is 4.39 Å². The van der Waals surface area contributed by atoms with Gasteiger partial charge in [-0.15, -0.1) is 0 Å². The Bertz CT molecular complexity index is 297. The molecule has 78 valence electrons. The van der Waals surface area contributed by atoms with Gasteiger partial charge < -0.3 is 0 Å². The van der Waals surface area contributed by atoms with Crippen LogP contribution in [0.3, 0.4) is 0 Å². The summed E-state index contributed by atoms with van der Waals surface area (Å²) in [7, 11) is 0. The van der Waals surface area contributed by atoms with Crippen LogP contribution >= 0.6 is 47.8 Å². The molecule has 1 rings (SSSR count). The van der Waals surface area contributed by atoms with E-state index in [4.69, 9.17) is 0 Å². The number of hydrogen-bond donors (Lipinski definition) is 0. The summed E-state index contributed by atoms with van der Waals surface area (Å²) < 4.78 is 14.3. The molecule has 0 aliphatic heterocycles. The third-order valence-electron chi connectivity index (χ3n) is 1.95. The Morgan fingerprint density at radius 3 is 2.43 bits per heavy atom. The molecule has 0 aliphatic carbocycles. The number of alkyl halides is 2. The van der Waals surface area contributed by atoms with E-state index in [1.807, 2.05) is 6.07 Å². The lowest BCUT2D eigenvalue weighted by molar-refractivity contribution is 0.583. The first-order valence-corrected chi connectivity index (χ1v) is 7.26. The van der Waals surface area contributed by atoms with Crippen molar-refractivity contribution in [1.29, 1.82) is 0 Å². The Kier molecular flexibility index (Phi) is 5.64. The summed E-state index contributed by atoms with van der Waals surface area (Å²) in [5, 5.41) is 1.76. The molecule has 0 nitrogen and oxygen atoms in total. The highest BCUT2D eigenvalue weighted by atomic mass is 79.9. The summed E-state index contributed by atoms with van der Waals surface area (Å²) in [6.45, 7) is 0. The molecule has 0 heterocycles. The maximum Gasteiger partial charge on any atom is 0.126 e. The molecule has 0 saturated heterocycles. The van der Waals surface area contributed by atoms with Crippen LogP contribution in [0.25, 0.3) is 0 Å². The van der Waals surface area contributed by atoms with Crippen LogP contribution in [0.5, 0.6) is 0 Å². The molecule has 0 amide bonds. The zero-order valence-corrected chi connectivity index (χ0v) is 12.2. The molecule has 0 fully saturated rings. The minimum atomic E-state index is -0.125. The second-order valence-electron chi connectivity index (χ2n) is 3.11. The second-order valence-corrected chi connectivity index (χ2v) is 5.33. The van der Waals surface area contributed by atoms with E-state index in [0.717, 1.165) is 27.1 Å². The molecule has 0 unspecified atom stereocenters. The molecule has 0 atom stereocenters. The van der Waals surface area contributed by atoms with Crippen LogP contribution in [0, 0.1) is 11.7 Å². The van der Waals surface area contributed by atoms with Crippen molar-refractivity contribution in [1.82, 2.24) is 0 Å². The third kappa shape index (κ3) is 3.63.